The van der Waals surface area contributed by atoms with Gasteiger partial charge in [0.05, 0.1) is 0 Å². The molecule has 4 nitrogen and oxygen atoms in total. The van der Waals surface area contributed by atoms with Gasteiger partial charge in [0, 0.05) is 30.7 Å². The Bertz CT molecular complexity index is 408. The zero-order valence-corrected chi connectivity index (χ0v) is 12.2. The van der Waals surface area contributed by atoms with Crippen molar-refractivity contribution >= 4 is 5.91 Å². The number of carbonyl (C=O) groups excluding carboxylic acids is 1. The van der Waals surface area contributed by atoms with Crippen LogP contribution in [0.15, 0.2) is 24.3 Å². The largest absolute Gasteiger partial charge is 0.508 e. The third kappa shape index (κ3) is 4.91. The summed E-state index contributed by atoms with van der Waals surface area (Å²) in [5.74, 6) is -0.0398. The average Bonchev–Trinajstić information content (AvgIpc) is 2.33. The number of hydrogen-bond acceptors (Lipinski definition) is 3. The molecule has 0 fully saturated rings. The Balaban J connectivity index is 2.47. The molecule has 1 amide bonds. The molecule has 1 rings (SSSR count). The van der Waals surface area contributed by atoms with Gasteiger partial charge in [-0.1, -0.05) is 6.07 Å². The van der Waals surface area contributed by atoms with Crippen molar-refractivity contribution in [2.45, 2.75) is 39.8 Å². The molecule has 0 bridgehead atoms. The highest BCUT2D eigenvalue weighted by Crippen LogP contribution is 2.10. The van der Waals surface area contributed by atoms with Gasteiger partial charge in [0.15, 0.2) is 0 Å². The van der Waals surface area contributed by atoms with Crippen molar-refractivity contribution in [2.75, 3.05) is 13.1 Å². The summed E-state index contributed by atoms with van der Waals surface area (Å²) < 4.78 is 0. The van der Waals surface area contributed by atoms with Gasteiger partial charge in [-0.15, -0.1) is 0 Å². The first-order valence-electron chi connectivity index (χ1n) is 6.74. The lowest BCUT2D eigenvalue weighted by Crippen LogP contribution is -2.42. The van der Waals surface area contributed by atoms with Gasteiger partial charge < -0.3 is 10.4 Å². The third-order valence-corrected chi connectivity index (χ3v) is 3.09. The molecule has 0 saturated carbocycles. The molecule has 4 heteroatoms. The molecule has 1 aromatic rings. The number of nitrogens with zero attached hydrogens (tertiary/aromatic N) is 1. The van der Waals surface area contributed by atoms with Gasteiger partial charge in [-0.3, -0.25) is 9.69 Å². The van der Waals surface area contributed by atoms with Gasteiger partial charge >= 0.3 is 0 Å². The minimum Gasteiger partial charge on any atom is -0.508 e. The average molecular weight is 264 g/mol. The number of nitrogens with one attached hydrogen (secondary N) is 1. The Morgan fingerprint density at radius 1 is 1.26 bits per heavy atom. The van der Waals surface area contributed by atoms with Crippen LogP contribution in [-0.4, -0.2) is 41.1 Å². The topological polar surface area (TPSA) is 52.6 Å². The standard InChI is InChI=1S/C15H24N2O2/c1-11(2)17(12(3)4)9-8-16-15(19)13-6-5-7-14(18)10-13/h5-7,10-12,18H,8-9H2,1-4H3,(H,16,19). The fourth-order valence-electron chi connectivity index (χ4n) is 2.16. The molecule has 0 radical (unpaired) electrons. The normalized spacial score (nSPS) is 11.3. The van der Waals surface area contributed by atoms with Crippen LogP contribution < -0.4 is 5.32 Å². The number of amides is 1. The first kappa shape index (κ1) is 15.5. The van der Waals surface area contributed by atoms with Gasteiger partial charge in [-0.2, -0.15) is 0 Å². The van der Waals surface area contributed by atoms with E-state index >= 15 is 0 Å². The van der Waals surface area contributed by atoms with Crippen molar-refractivity contribution in [3.8, 4) is 5.75 Å². The minimum absolute atomic E-state index is 0.110. The highest BCUT2D eigenvalue weighted by Gasteiger charge is 2.13. The van der Waals surface area contributed by atoms with Gasteiger partial charge in [0.25, 0.3) is 5.91 Å². The van der Waals surface area contributed by atoms with Crippen LogP contribution in [0.2, 0.25) is 0 Å². The summed E-state index contributed by atoms with van der Waals surface area (Å²) in [7, 11) is 0. The van der Waals surface area contributed by atoms with Crippen LogP contribution in [0, 0.1) is 0 Å². The molecule has 106 valence electrons. The van der Waals surface area contributed by atoms with E-state index in [4.69, 9.17) is 0 Å². The Morgan fingerprint density at radius 3 is 2.42 bits per heavy atom. The van der Waals surface area contributed by atoms with E-state index in [-0.39, 0.29) is 11.7 Å². The highest BCUT2D eigenvalue weighted by molar-refractivity contribution is 5.94. The number of phenols is 1. The fourth-order valence-corrected chi connectivity index (χ4v) is 2.16. The van der Waals surface area contributed by atoms with Crippen molar-refractivity contribution < 1.29 is 9.90 Å². The quantitative estimate of drug-likeness (QED) is 0.828. The maximum absolute atomic E-state index is 11.9. The van der Waals surface area contributed by atoms with Crippen molar-refractivity contribution in [3.05, 3.63) is 29.8 Å². The molecule has 0 atom stereocenters. The lowest BCUT2D eigenvalue weighted by molar-refractivity contribution is 0.0939. The summed E-state index contributed by atoms with van der Waals surface area (Å²) >= 11 is 0. The molecule has 0 unspecified atom stereocenters. The zero-order valence-electron chi connectivity index (χ0n) is 12.2. The maximum Gasteiger partial charge on any atom is 0.251 e. The van der Waals surface area contributed by atoms with Gasteiger partial charge in [0.2, 0.25) is 0 Å². The first-order valence-corrected chi connectivity index (χ1v) is 6.74. The number of hydrogen-bond donors (Lipinski definition) is 2. The van der Waals surface area contributed by atoms with E-state index in [2.05, 4.69) is 37.9 Å². The second-order valence-electron chi connectivity index (χ2n) is 5.23. The fraction of sp³-hybridized carbons (Fsp3) is 0.533. The number of benzene rings is 1. The van der Waals surface area contributed by atoms with E-state index in [1.807, 2.05) is 0 Å². The number of carbonyl (C=O) groups is 1. The lowest BCUT2D eigenvalue weighted by Gasteiger charge is -2.30. The molecule has 0 spiro atoms. The molecule has 1 aromatic carbocycles. The Kier molecular flexibility index (Phi) is 5.83. The second-order valence-corrected chi connectivity index (χ2v) is 5.23. The monoisotopic (exact) mass is 264 g/mol. The molecular formula is C15H24N2O2. The summed E-state index contributed by atoms with van der Waals surface area (Å²) in [6, 6.07) is 7.29. The zero-order chi connectivity index (χ0) is 14.4. The molecule has 0 aliphatic rings. The van der Waals surface area contributed by atoms with E-state index < -0.39 is 0 Å². The number of aromatic hydroxyl groups is 1. The van der Waals surface area contributed by atoms with Crippen LogP contribution >= 0.6 is 0 Å². The van der Waals surface area contributed by atoms with Crippen molar-refractivity contribution in [1.82, 2.24) is 10.2 Å². The summed E-state index contributed by atoms with van der Waals surface area (Å²) in [5.41, 5.74) is 0.487. The van der Waals surface area contributed by atoms with Crippen LogP contribution in [0.5, 0.6) is 5.75 Å². The Labute approximate surface area is 115 Å². The van der Waals surface area contributed by atoms with Crippen molar-refractivity contribution in [1.29, 1.82) is 0 Å². The predicted octanol–water partition coefficient (Wildman–Crippen LogP) is 2.24. The van der Waals surface area contributed by atoms with E-state index in [0.717, 1.165) is 6.54 Å². The van der Waals surface area contributed by atoms with Crippen LogP contribution in [0.4, 0.5) is 0 Å². The lowest BCUT2D eigenvalue weighted by atomic mass is 10.2. The van der Waals surface area contributed by atoms with Crippen molar-refractivity contribution in [2.24, 2.45) is 0 Å². The second kappa shape index (κ2) is 7.14. The number of rotatable bonds is 6. The molecule has 2 N–H and O–H groups in total. The molecule has 0 heterocycles. The third-order valence-electron chi connectivity index (χ3n) is 3.09. The summed E-state index contributed by atoms with van der Waals surface area (Å²) in [6.45, 7) is 10.0. The van der Waals surface area contributed by atoms with Gasteiger partial charge in [0.1, 0.15) is 5.75 Å². The Hall–Kier alpha value is -1.55. The van der Waals surface area contributed by atoms with Gasteiger partial charge in [-0.25, -0.2) is 0 Å². The van der Waals surface area contributed by atoms with Gasteiger partial charge in [-0.05, 0) is 45.9 Å². The Morgan fingerprint density at radius 2 is 1.89 bits per heavy atom. The molecule has 0 saturated heterocycles. The van der Waals surface area contributed by atoms with Crippen LogP contribution in [-0.2, 0) is 0 Å². The molecule has 0 aliphatic heterocycles. The van der Waals surface area contributed by atoms with Crippen LogP contribution in [0.3, 0.4) is 0 Å². The maximum atomic E-state index is 11.9. The van der Waals surface area contributed by atoms with E-state index in [1.165, 1.54) is 6.07 Å². The smallest absolute Gasteiger partial charge is 0.251 e. The molecule has 0 aromatic heterocycles. The first-order chi connectivity index (χ1) is 8.91. The van der Waals surface area contributed by atoms with E-state index in [9.17, 15) is 9.90 Å². The minimum atomic E-state index is -0.150. The predicted molar refractivity (Wildman–Crippen MR) is 77.4 cm³/mol. The molecule has 0 aliphatic carbocycles. The van der Waals surface area contributed by atoms with E-state index in [1.54, 1.807) is 18.2 Å². The molecular weight excluding hydrogens is 240 g/mol. The van der Waals surface area contributed by atoms with E-state index in [0.29, 0.717) is 24.2 Å². The van der Waals surface area contributed by atoms with Crippen LogP contribution in [0.25, 0.3) is 0 Å². The number of phenolic OH excluding ortho intramolecular Hbond substituents is 1. The van der Waals surface area contributed by atoms with Crippen molar-refractivity contribution in [3.63, 3.8) is 0 Å². The summed E-state index contributed by atoms with van der Waals surface area (Å²) in [4.78, 5) is 14.2. The summed E-state index contributed by atoms with van der Waals surface area (Å²) in [5, 5.41) is 12.2. The highest BCUT2D eigenvalue weighted by atomic mass is 16.3. The summed E-state index contributed by atoms with van der Waals surface area (Å²) in [6.07, 6.45) is 0. The van der Waals surface area contributed by atoms with Crippen LogP contribution in [0.1, 0.15) is 38.1 Å². The SMILES string of the molecule is CC(C)N(CCNC(=O)c1cccc(O)c1)C(C)C. The molecule has 19 heavy (non-hydrogen) atoms.